The van der Waals surface area contributed by atoms with Crippen molar-refractivity contribution in [2.24, 2.45) is 0 Å². The van der Waals surface area contributed by atoms with Crippen LogP contribution in [0.15, 0.2) is 66.1 Å². The van der Waals surface area contributed by atoms with E-state index in [0.717, 1.165) is 28.1 Å². The number of methoxy groups -OCH3 is 2. The fourth-order valence-electron chi connectivity index (χ4n) is 2.26. The summed E-state index contributed by atoms with van der Waals surface area (Å²) in [6.07, 6.45) is 3.77. The van der Waals surface area contributed by atoms with Crippen LogP contribution in [-0.2, 0) is 5.75 Å². The minimum Gasteiger partial charge on any atom is -0.497 e. The van der Waals surface area contributed by atoms with Crippen molar-refractivity contribution in [1.82, 2.24) is 9.55 Å². The summed E-state index contributed by atoms with van der Waals surface area (Å²) >= 11 is 1.69. The van der Waals surface area contributed by atoms with Gasteiger partial charge in [-0.1, -0.05) is 30.0 Å². The van der Waals surface area contributed by atoms with Crippen molar-refractivity contribution in [2.75, 3.05) is 14.2 Å². The SMILES string of the molecule is COc1cccc(CSc2nccn2-c2cccc(OC)c2)c1. The summed E-state index contributed by atoms with van der Waals surface area (Å²) in [5.74, 6) is 2.54. The molecule has 0 aliphatic carbocycles. The third-order valence-corrected chi connectivity index (χ3v) is 4.48. The van der Waals surface area contributed by atoms with Gasteiger partial charge in [0.25, 0.3) is 0 Å². The molecule has 0 spiro atoms. The number of imidazole rings is 1. The Morgan fingerprint density at radius 1 is 1.00 bits per heavy atom. The molecule has 0 atom stereocenters. The number of aromatic nitrogens is 2. The summed E-state index contributed by atoms with van der Waals surface area (Å²) in [5, 5.41) is 0.945. The Hall–Kier alpha value is -2.40. The Balaban J connectivity index is 1.78. The maximum absolute atomic E-state index is 5.29. The number of ether oxygens (including phenoxy) is 2. The van der Waals surface area contributed by atoms with Crippen LogP contribution in [0, 0.1) is 0 Å². The van der Waals surface area contributed by atoms with E-state index in [1.54, 1.807) is 26.0 Å². The van der Waals surface area contributed by atoms with E-state index < -0.39 is 0 Å². The standard InChI is InChI=1S/C18H18N2O2S/c1-21-16-7-3-5-14(11-16)13-23-18-19-9-10-20(18)15-6-4-8-17(12-15)22-2/h3-12H,13H2,1-2H3. The third kappa shape index (κ3) is 3.68. The van der Waals surface area contributed by atoms with Gasteiger partial charge in [0.05, 0.1) is 19.9 Å². The molecule has 0 saturated heterocycles. The van der Waals surface area contributed by atoms with Crippen molar-refractivity contribution < 1.29 is 9.47 Å². The maximum Gasteiger partial charge on any atom is 0.172 e. The Labute approximate surface area is 140 Å². The Kier molecular flexibility index (Phi) is 4.88. The second kappa shape index (κ2) is 7.24. The van der Waals surface area contributed by atoms with E-state index in [1.165, 1.54) is 5.56 Å². The van der Waals surface area contributed by atoms with Gasteiger partial charge in [0.15, 0.2) is 5.16 Å². The van der Waals surface area contributed by atoms with E-state index in [-0.39, 0.29) is 0 Å². The Morgan fingerprint density at radius 3 is 2.52 bits per heavy atom. The van der Waals surface area contributed by atoms with Crippen LogP contribution < -0.4 is 9.47 Å². The zero-order chi connectivity index (χ0) is 16.1. The molecule has 0 bridgehead atoms. The zero-order valence-corrected chi connectivity index (χ0v) is 13.9. The molecule has 0 unspecified atom stereocenters. The largest absolute Gasteiger partial charge is 0.497 e. The summed E-state index contributed by atoms with van der Waals surface area (Å²) in [7, 11) is 3.35. The summed E-state index contributed by atoms with van der Waals surface area (Å²) < 4.78 is 12.6. The van der Waals surface area contributed by atoms with Crippen molar-refractivity contribution in [3.8, 4) is 17.2 Å². The topological polar surface area (TPSA) is 36.3 Å². The first-order chi connectivity index (χ1) is 11.3. The predicted octanol–water partition coefficient (Wildman–Crippen LogP) is 4.18. The highest BCUT2D eigenvalue weighted by molar-refractivity contribution is 7.98. The van der Waals surface area contributed by atoms with Crippen LogP contribution >= 0.6 is 11.8 Å². The van der Waals surface area contributed by atoms with Crippen LogP contribution in [0.1, 0.15) is 5.56 Å². The van der Waals surface area contributed by atoms with Crippen LogP contribution in [0.5, 0.6) is 11.5 Å². The molecule has 118 valence electrons. The number of rotatable bonds is 6. The number of thioether (sulfide) groups is 1. The van der Waals surface area contributed by atoms with Gasteiger partial charge in [0.2, 0.25) is 0 Å². The van der Waals surface area contributed by atoms with E-state index in [4.69, 9.17) is 9.47 Å². The molecule has 0 radical (unpaired) electrons. The van der Waals surface area contributed by atoms with Crippen LogP contribution in [0.2, 0.25) is 0 Å². The van der Waals surface area contributed by atoms with Gasteiger partial charge >= 0.3 is 0 Å². The van der Waals surface area contributed by atoms with E-state index in [1.807, 2.05) is 54.9 Å². The van der Waals surface area contributed by atoms with Gasteiger partial charge in [0, 0.05) is 24.2 Å². The van der Waals surface area contributed by atoms with Crippen molar-refractivity contribution in [3.63, 3.8) is 0 Å². The molecule has 0 aliphatic heterocycles. The van der Waals surface area contributed by atoms with Gasteiger partial charge in [0.1, 0.15) is 11.5 Å². The average molecular weight is 326 g/mol. The lowest BCUT2D eigenvalue weighted by Crippen LogP contribution is -1.96. The highest BCUT2D eigenvalue weighted by Gasteiger charge is 2.07. The van der Waals surface area contributed by atoms with Crippen molar-refractivity contribution >= 4 is 11.8 Å². The summed E-state index contributed by atoms with van der Waals surface area (Å²) in [5.41, 5.74) is 2.24. The smallest absolute Gasteiger partial charge is 0.172 e. The van der Waals surface area contributed by atoms with E-state index in [0.29, 0.717) is 0 Å². The Morgan fingerprint density at radius 2 is 1.74 bits per heavy atom. The summed E-state index contributed by atoms with van der Waals surface area (Å²) in [4.78, 5) is 4.46. The Bertz CT molecular complexity index is 786. The lowest BCUT2D eigenvalue weighted by molar-refractivity contribution is 0.414. The zero-order valence-electron chi connectivity index (χ0n) is 13.1. The van der Waals surface area contributed by atoms with Gasteiger partial charge < -0.3 is 9.47 Å². The van der Waals surface area contributed by atoms with Crippen molar-refractivity contribution in [3.05, 3.63) is 66.5 Å². The normalized spacial score (nSPS) is 10.5. The second-order valence-corrected chi connectivity index (χ2v) is 5.86. The molecule has 3 aromatic rings. The first-order valence-corrected chi connectivity index (χ1v) is 8.22. The minimum atomic E-state index is 0.832. The van der Waals surface area contributed by atoms with Gasteiger partial charge in [-0.15, -0.1) is 0 Å². The van der Waals surface area contributed by atoms with Crippen LogP contribution in [0.25, 0.3) is 5.69 Å². The number of hydrogen-bond donors (Lipinski definition) is 0. The number of benzene rings is 2. The van der Waals surface area contributed by atoms with Crippen LogP contribution in [0.4, 0.5) is 0 Å². The molecule has 4 nitrogen and oxygen atoms in total. The van der Waals surface area contributed by atoms with E-state index in [2.05, 4.69) is 15.6 Å². The molecular weight excluding hydrogens is 308 g/mol. The number of hydrogen-bond acceptors (Lipinski definition) is 4. The van der Waals surface area contributed by atoms with E-state index in [9.17, 15) is 0 Å². The molecule has 0 saturated carbocycles. The third-order valence-electron chi connectivity index (χ3n) is 3.44. The average Bonchev–Trinajstić information content (AvgIpc) is 3.09. The fraction of sp³-hybridized carbons (Fsp3) is 0.167. The fourth-order valence-corrected chi connectivity index (χ4v) is 3.18. The second-order valence-electron chi connectivity index (χ2n) is 4.92. The molecule has 23 heavy (non-hydrogen) atoms. The molecule has 0 fully saturated rings. The van der Waals surface area contributed by atoms with E-state index >= 15 is 0 Å². The van der Waals surface area contributed by atoms with Gasteiger partial charge in [-0.2, -0.15) is 0 Å². The highest BCUT2D eigenvalue weighted by atomic mass is 32.2. The first kappa shape index (κ1) is 15.5. The maximum atomic E-state index is 5.29. The number of nitrogens with zero attached hydrogens (tertiary/aromatic N) is 2. The van der Waals surface area contributed by atoms with Crippen molar-refractivity contribution in [2.45, 2.75) is 10.9 Å². The van der Waals surface area contributed by atoms with Crippen molar-refractivity contribution in [1.29, 1.82) is 0 Å². The molecular formula is C18H18N2O2S. The monoisotopic (exact) mass is 326 g/mol. The van der Waals surface area contributed by atoms with Gasteiger partial charge in [-0.05, 0) is 29.8 Å². The van der Waals surface area contributed by atoms with Crippen LogP contribution in [0.3, 0.4) is 0 Å². The lowest BCUT2D eigenvalue weighted by atomic mass is 10.2. The molecule has 5 heteroatoms. The quantitative estimate of drug-likeness (QED) is 0.637. The summed E-state index contributed by atoms with van der Waals surface area (Å²) in [6, 6.07) is 16.0. The highest BCUT2D eigenvalue weighted by Crippen LogP contribution is 2.26. The molecule has 0 amide bonds. The molecule has 0 aliphatic rings. The molecule has 0 N–H and O–H groups in total. The van der Waals surface area contributed by atoms with Gasteiger partial charge in [-0.3, -0.25) is 4.57 Å². The molecule has 1 aromatic heterocycles. The van der Waals surface area contributed by atoms with Crippen LogP contribution in [-0.4, -0.2) is 23.8 Å². The first-order valence-electron chi connectivity index (χ1n) is 7.23. The molecule has 1 heterocycles. The van der Waals surface area contributed by atoms with Gasteiger partial charge in [-0.25, -0.2) is 4.98 Å². The predicted molar refractivity (Wildman–Crippen MR) is 92.7 cm³/mol. The lowest BCUT2D eigenvalue weighted by Gasteiger charge is -2.09. The summed E-state index contributed by atoms with van der Waals surface area (Å²) in [6.45, 7) is 0. The molecule has 3 rings (SSSR count). The minimum absolute atomic E-state index is 0.832. The molecule has 2 aromatic carbocycles.